The molecule has 0 unspecified atom stereocenters. The lowest BCUT2D eigenvalue weighted by Crippen LogP contribution is -2.48. The quantitative estimate of drug-likeness (QED) is 0.687. The van der Waals surface area contributed by atoms with Crippen LogP contribution in [0.25, 0.3) is 0 Å². The van der Waals surface area contributed by atoms with Gasteiger partial charge in [-0.25, -0.2) is 4.98 Å². The molecule has 3 rings (SSSR count). The Kier molecular flexibility index (Phi) is 7.05. The van der Waals surface area contributed by atoms with Crippen molar-refractivity contribution in [1.82, 2.24) is 9.88 Å². The van der Waals surface area contributed by atoms with E-state index >= 15 is 0 Å². The second kappa shape index (κ2) is 9.71. The van der Waals surface area contributed by atoms with Gasteiger partial charge in [-0.05, 0) is 46.3 Å². The van der Waals surface area contributed by atoms with Crippen molar-refractivity contribution in [1.29, 1.82) is 0 Å². The lowest BCUT2D eigenvalue weighted by Gasteiger charge is -2.35. The molecule has 1 aliphatic heterocycles. The minimum Gasteiger partial charge on any atom is -0.495 e. The summed E-state index contributed by atoms with van der Waals surface area (Å²) in [6.45, 7) is 4.88. The zero-order valence-electron chi connectivity index (χ0n) is 16.4. The number of anilines is 3. The van der Waals surface area contributed by atoms with E-state index in [1.54, 1.807) is 31.5 Å². The van der Waals surface area contributed by atoms with Crippen LogP contribution in [0.2, 0.25) is 0 Å². The summed E-state index contributed by atoms with van der Waals surface area (Å²) in [6, 6.07) is 9.09. The number of pyridine rings is 1. The normalized spacial score (nSPS) is 14.4. The highest BCUT2D eigenvalue weighted by atomic mass is 79.9. The number of hydrogen-bond acceptors (Lipinski definition) is 6. The van der Waals surface area contributed by atoms with Crippen molar-refractivity contribution in [2.24, 2.45) is 0 Å². The third-order valence-corrected chi connectivity index (χ3v) is 5.04. The average molecular weight is 462 g/mol. The Hall–Kier alpha value is -2.65. The Bertz CT molecular complexity index is 867. The molecule has 1 fully saturated rings. The first-order chi connectivity index (χ1) is 13.9. The fraction of sp³-hybridized carbons (Fsp3) is 0.350. The van der Waals surface area contributed by atoms with E-state index in [0.717, 1.165) is 36.5 Å². The van der Waals surface area contributed by atoms with Crippen molar-refractivity contribution in [3.63, 3.8) is 0 Å². The molecule has 2 aromatic rings. The van der Waals surface area contributed by atoms with Gasteiger partial charge in [0.05, 0.1) is 19.3 Å². The highest BCUT2D eigenvalue weighted by Gasteiger charge is 2.20. The van der Waals surface area contributed by atoms with E-state index in [1.165, 1.54) is 6.92 Å². The Labute approximate surface area is 178 Å². The number of amides is 2. The predicted molar refractivity (Wildman–Crippen MR) is 117 cm³/mol. The zero-order chi connectivity index (χ0) is 20.8. The smallest absolute Gasteiger partial charge is 0.238 e. The number of nitrogens with zero attached hydrogens (tertiary/aromatic N) is 3. The first-order valence-corrected chi connectivity index (χ1v) is 10.1. The maximum absolute atomic E-state index is 12.5. The largest absolute Gasteiger partial charge is 0.495 e. The molecule has 1 aromatic carbocycles. The van der Waals surface area contributed by atoms with Crippen LogP contribution in [0.15, 0.2) is 41.0 Å². The summed E-state index contributed by atoms with van der Waals surface area (Å²) in [7, 11) is 1.54. The molecule has 154 valence electrons. The third-order valence-electron chi connectivity index (χ3n) is 4.57. The van der Waals surface area contributed by atoms with Crippen LogP contribution < -0.4 is 20.3 Å². The fourth-order valence-corrected chi connectivity index (χ4v) is 3.40. The van der Waals surface area contributed by atoms with Gasteiger partial charge in [-0.2, -0.15) is 0 Å². The Morgan fingerprint density at radius 1 is 1.14 bits per heavy atom. The summed E-state index contributed by atoms with van der Waals surface area (Å²) in [5, 5.41) is 5.59. The highest BCUT2D eigenvalue weighted by molar-refractivity contribution is 9.10. The monoisotopic (exact) mass is 461 g/mol. The van der Waals surface area contributed by atoms with Gasteiger partial charge in [0, 0.05) is 49.5 Å². The predicted octanol–water partition coefficient (Wildman–Crippen LogP) is 2.57. The number of carbonyl (C=O) groups is 2. The van der Waals surface area contributed by atoms with Crippen LogP contribution in [-0.2, 0) is 9.59 Å². The molecule has 1 aliphatic rings. The maximum atomic E-state index is 12.5. The summed E-state index contributed by atoms with van der Waals surface area (Å²) in [4.78, 5) is 32.6. The lowest BCUT2D eigenvalue weighted by molar-refractivity contribution is -0.117. The highest BCUT2D eigenvalue weighted by Crippen LogP contribution is 2.28. The van der Waals surface area contributed by atoms with Gasteiger partial charge in [0.15, 0.2) is 0 Å². The van der Waals surface area contributed by atoms with Crippen LogP contribution in [-0.4, -0.2) is 61.5 Å². The summed E-state index contributed by atoms with van der Waals surface area (Å²) >= 11 is 3.40. The summed E-state index contributed by atoms with van der Waals surface area (Å²) in [6.07, 6.45) is 1.79. The second-order valence-corrected chi connectivity index (χ2v) is 7.66. The van der Waals surface area contributed by atoms with Crippen LogP contribution in [0.4, 0.5) is 17.2 Å². The molecule has 0 radical (unpaired) electrons. The number of hydrogen-bond donors (Lipinski definition) is 2. The lowest BCUT2D eigenvalue weighted by atomic mass is 10.2. The molecule has 2 N–H and O–H groups in total. The number of ether oxygens (including phenoxy) is 1. The topological polar surface area (TPSA) is 86.8 Å². The molecule has 0 bridgehead atoms. The van der Waals surface area contributed by atoms with E-state index in [2.05, 4.69) is 41.3 Å². The van der Waals surface area contributed by atoms with Crippen molar-refractivity contribution in [3.8, 4) is 5.75 Å². The molecule has 1 saturated heterocycles. The number of nitrogens with one attached hydrogen (secondary N) is 2. The average Bonchev–Trinajstić information content (AvgIpc) is 2.69. The minimum absolute atomic E-state index is 0.126. The second-order valence-electron chi connectivity index (χ2n) is 6.74. The van der Waals surface area contributed by atoms with Gasteiger partial charge < -0.3 is 20.3 Å². The van der Waals surface area contributed by atoms with Gasteiger partial charge in [0.1, 0.15) is 11.6 Å². The van der Waals surface area contributed by atoms with Gasteiger partial charge >= 0.3 is 0 Å². The standard InChI is InChI=1S/C20H24BrN5O3/c1-14(27)23-16-4-5-18(29-2)17(11-16)24-20(28)13-25-7-9-26(10-8-25)19-6-3-15(21)12-22-19/h3-6,11-12H,7-10,13H2,1-2H3,(H,23,27)(H,24,28). The van der Waals surface area contributed by atoms with Crippen LogP contribution in [0.3, 0.4) is 0 Å². The van der Waals surface area contributed by atoms with Gasteiger partial charge in [0.2, 0.25) is 11.8 Å². The summed E-state index contributed by atoms with van der Waals surface area (Å²) in [5.74, 6) is 1.18. The van der Waals surface area contributed by atoms with E-state index in [-0.39, 0.29) is 18.4 Å². The van der Waals surface area contributed by atoms with E-state index in [4.69, 9.17) is 4.74 Å². The van der Waals surface area contributed by atoms with Crippen molar-refractivity contribution < 1.29 is 14.3 Å². The maximum Gasteiger partial charge on any atom is 0.238 e. The van der Waals surface area contributed by atoms with Gasteiger partial charge in [-0.1, -0.05) is 0 Å². The van der Waals surface area contributed by atoms with E-state index in [9.17, 15) is 9.59 Å². The number of halogens is 1. The summed E-state index contributed by atoms with van der Waals surface area (Å²) in [5.41, 5.74) is 1.13. The molecule has 0 saturated carbocycles. The van der Waals surface area contributed by atoms with E-state index in [0.29, 0.717) is 17.1 Å². The first-order valence-electron chi connectivity index (χ1n) is 9.29. The molecule has 0 atom stereocenters. The van der Waals surface area contributed by atoms with E-state index in [1.807, 2.05) is 12.1 Å². The minimum atomic E-state index is -0.175. The molecule has 0 aliphatic carbocycles. The number of carbonyl (C=O) groups excluding carboxylic acids is 2. The van der Waals surface area contributed by atoms with E-state index < -0.39 is 0 Å². The number of rotatable bonds is 6. The first kappa shape index (κ1) is 21.1. The molecule has 1 aromatic heterocycles. The molecule has 2 amide bonds. The van der Waals surface area contributed by atoms with Gasteiger partial charge in [-0.15, -0.1) is 0 Å². The Morgan fingerprint density at radius 3 is 2.52 bits per heavy atom. The van der Waals surface area contributed by atoms with Gasteiger partial charge in [0.25, 0.3) is 0 Å². The Balaban J connectivity index is 1.55. The SMILES string of the molecule is COc1ccc(NC(C)=O)cc1NC(=O)CN1CCN(c2ccc(Br)cn2)CC1. The van der Waals surface area contributed by atoms with Crippen LogP contribution >= 0.6 is 15.9 Å². The molecule has 0 spiro atoms. The van der Waals surface area contributed by atoms with Crippen molar-refractivity contribution in [3.05, 3.63) is 41.0 Å². The number of methoxy groups -OCH3 is 1. The summed E-state index contributed by atoms with van der Waals surface area (Å²) < 4.78 is 6.26. The van der Waals surface area contributed by atoms with Crippen molar-refractivity contribution in [2.75, 3.05) is 55.4 Å². The molecule has 29 heavy (non-hydrogen) atoms. The van der Waals surface area contributed by atoms with Crippen LogP contribution in [0.5, 0.6) is 5.75 Å². The number of piperazine rings is 1. The molecular weight excluding hydrogens is 438 g/mol. The van der Waals surface area contributed by atoms with Crippen LogP contribution in [0, 0.1) is 0 Å². The number of aromatic nitrogens is 1. The third kappa shape index (κ3) is 5.91. The zero-order valence-corrected chi connectivity index (χ0v) is 18.0. The molecular formula is C20H24BrN5O3. The van der Waals surface area contributed by atoms with Crippen molar-refractivity contribution in [2.45, 2.75) is 6.92 Å². The fourth-order valence-electron chi connectivity index (χ4n) is 3.17. The Morgan fingerprint density at radius 2 is 1.90 bits per heavy atom. The molecule has 8 nitrogen and oxygen atoms in total. The molecule has 2 heterocycles. The molecule has 9 heteroatoms. The van der Waals surface area contributed by atoms with Crippen molar-refractivity contribution >= 4 is 44.9 Å². The van der Waals surface area contributed by atoms with Crippen LogP contribution in [0.1, 0.15) is 6.92 Å². The van der Waals surface area contributed by atoms with Gasteiger partial charge in [-0.3, -0.25) is 14.5 Å². The number of benzene rings is 1.